The van der Waals surface area contributed by atoms with Crippen LogP contribution >= 0.6 is 0 Å². The minimum Gasteiger partial charge on any atom is -0.370 e. The number of hydrogen-bond acceptors (Lipinski definition) is 5. The van der Waals surface area contributed by atoms with Gasteiger partial charge in [-0.2, -0.15) is 0 Å². The average Bonchev–Trinajstić information content (AvgIpc) is 3.17. The van der Waals surface area contributed by atoms with Crippen molar-refractivity contribution in [1.29, 1.82) is 0 Å². The van der Waals surface area contributed by atoms with Crippen molar-refractivity contribution in [2.75, 3.05) is 20.1 Å². The Morgan fingerprint density at radius 1 is 1.09 bits per heavy atom. The molecule has 1 heterocycles. The Labute approximate surface area is 257 Å². The lowest BCUT2D eigenvalue weighted by atomic mass is 9.98. The van der Waals surface area contributed by atoms with E-state index < -0.39 is 18.1 Å². The number of nitrogens with two attached hydrogens (primary N) is 2. The minimum atomic E-state index is -0.835. The van der Waals surface area contributed by atoms with E-state index in [1.165, 1.54) is 19.1 Å². The van der Waals surface area contributed by atoms with Crippen molar-refractivity contribution in [1.82, 2.24) is 20.4 Å². The highest BCUT2D eigenvalue weighted by molar-refractivity contribution is 5.91. The fraction of sp³-hybridized carbons (Fsp3) is 0.394. The number of halogens is 1. The number of nitrogens with zero attached hydrogens (tertiary/aromatic N) is 3. The summed E-state index contributed by atoms with van der Waals surface area (Å²) in [4.78, 5) is 48.0. The second-order valence-corrected chi connectivity index (χ2v) is 11.2. The van der Waals surface area contributed by atoms with Crippen LogP contribution in [0.1, 0.15) is 37.8 Å². The van der Waals surface area contributed by atoms with Crippen LogP contribution in [0.5, 0.6) is 0 Å². The summed E-state index contributed by atoms with van der Waals surface area (Å²) in [6, 6.07) is 17.5. The highest BCUT2D eigenvalue weighted by Gasteiger charge is 2.40. The molecule has 4 rings (SSSR count). The Morgan fingerprint density at radius 2 is 1.77 bits per heavy atom. The molecule has 234 valence electrons. The number of guanidine groups is 1. The molecular weight excluding hydrogens is 561 g/mol. The molecule has 1 aliphatic rings. The number of benzene rings is 3. The first-order valence-electron chi connectivity index (χ1n) is 14.9. The summed E-state index contributed by atoms with van der Waals surface area (Å²) in [5.41, 5.74) is 13.2. The van der Waals surface area contributed by atoms with Crippen LogP contribution in [-0.2, 0) is 27.3 Å². The van der Waals surface area contributed by atoms with Crippen LogP contribution in [0.2, 0.25) is 0 Å². The van der Waals surface area contributed by atoms with Gasteiger partial charge in [-0.15, -0.1) is 0 Å². The fourth-order valence-electron chi connectivity index (χ4n) is 5.80. The lowest BCUT2D eigenvalue weighted by Crippen LogP contribution is -2.58. The molecule has 3 amide bonds. The molecule has 11 heteroatoms. The fourth-order valence-corrected chi connectivity index (χ4v) is 5.80. The number of carbonyl (C=O) groups excluding carboxylic acids is 3. The maximum atomic E-state index is 14.3. The van der Waals surface area contributed by atoms with E-state index in [1.54, 1.807) is 29.0 Å². The molecule has 10 nitrogen and oxygen atoms in total. The summed E-state index contributed by atoms with van der Waals surface area (Å²) >= 11 is 0. The van der Waals surface area contributed by atoms with Crippen molar-refractivity contribution >= 4 is 34.5 Å². The summed E-state index contributed by atoms with van der Waals surface area (Å²) in [6.07, 6.45) is 1.25. The molecule has 6 N–H and O–H groups in total. The van der Waals surface area contributed by atoms with E-state index in [0.29, 0.717) is 19.3 Å². The molecule has 4 atom stereocenters. The van der Waals surface area contributed by atoms with Gasteiger partial charge in [-0.1, -0.05) is 61.5 Å². The second kappa shape index (κ2) is 14.8. The van der Waals surface area contributed by atoms with E-state index in [1.807, 2.05) is 49.4 Å². The third-order valence-electron chi connectivity index (χ3n) is 8.14. The van der Waals surface area contributed by atoms with Crippen LogP contribution in [0, 0.1) is 5.82 Å². The molecule has 0 saturated carbocycles. The zero-order chi connectivity index (χ0) is 31.8. The van der Waals surface area contributed by atoms with Crippen LogP contribution < -0.4 is 22.1 Å². The number of aliphatic imine (C=N–C) groups is 1. The van der Waals surface area contributed by atoms with Crippen LogP contribution in [0.25, 0.3) is 10.8 Å². The molecule has 1 aliphatic heterocycles. The van der Waals surface area contributed by atoms with Crippen molar-refractivity contribution in [3.63, 3.8) is 0 Å². The first kappa shape index (κ1) is 32.4. The second-order valence-electron chi connectivity index (χ2n) is 11.2. The Morgan fingerprint density at radius 3 is 2.41 bits per heavy atom. The number of amides is 3. The van der Waals surface area contributed by atoms with Crippen LogP contribution in [0.4, 0.5) is 4.39 Å². The molecule has 1 unspecified atom stereocenters. The van der Waals surface area contributed by atoms with Gasteiger partial charge < -0.3 is 26.6 Å². The Balaban J connectivity index is 1.65. The normalized spacial score (nSPS) is 18.3. The van der Waals surface area contributed by atoms with Gasteiger partial charge in [0, 0.05) is 46.1 Å². The maximum absolute atomic E-state index is 14.3. The number of fused-ring (bicyclic) bond motifs is 1. The molecule has 0 aromatic heterocycles. The smallest absolute Gasteiger partial charge is 0.242 e. The minimum absolute atomic E-state index is 0.139. The maximum Gasteiger partial charge on any atom is 0.242 e. The molecular formula is C33H42FN7O3. The van der Waals surface area contributed by atoms with E-state index in [9.17, 15) is 18.8 Å². The highest BCUT2D eigenvalue weighted by atomic mass is 19.1. The Kier molecular flexibility index (Phi) is 10.9. The molecule has 3 aromatic rings. The van der Waals surface area contributed by atoms with Crippen molar-refractivity contribution in [3.05, 3.63) is 83.7 Å². The van der Waals surface area contributed by atoms with E-state index in [2.05, 4.69) is 15.6 Å². The number of hydrogen-bond donors (Lipinski definition) is 4. The number of rotatable bonds is 11. The van der Waals surface area contributed by atoms with Crippen LogP contribution in [0.3, 0.4) is 0 Å². The zero-order valence-electron chi connectivity index (χ0n) is 25.5. The van der Waals surface area contributed by atoms with E-state index in [-0.39, 0.29) is 55.2 Å². The predicted octanol–water partition coefficient (Wildman–Crippen LogP) is 2.30. The Hall–Kier alpha value is -4.51. The monoisotopic (exact) mass is 603 g/mol. The first-order valence-corrected chi connectivity index (χ1v) is 14.9. The quantitative estimate of drug-likeness (QED) is 0.195. The molecule has 0 aliphatic carbocycles. The van der Waals surface area contributed by atoms with Crippen LogP contribution in [0.15, 0.2) is 71.7 Å². The van der Waals surface area contributed by atoms with Gasteiger partial charge in [0.2, 0.25) is 17.7 Å². The average molecular weight is 604 g/mol. The molecule has 0 radical (unpaired) electrons. The molecule has 3 aromatic carbocycles. The number of carbonyl (C=O) groups is 3. The lowest BCUT2D eigenvalue weighted by Gasteiger charge is -2.33. The van der Waals surface area contributed by atoms with Crippen LogP contribution in [-0.4, -0.2) is 77.8 Å². The standard InChI is InChI=1S/C33H42FN7O3/c1-4-28(39-33(35)36)30-32(44)41(29(31(43)37-3)18-23-9-12-24-7-5-6-8-25(24)17-23)16-15-27(38-30)20-40(21(2)42)19-22-10-13-26(34)14-11-22/h5-14,17,27-30,38H,4,15-16,18-20H2,1-3H3,(H,37,43)(H4,35,36,39)/t27-,28?,29+,30+/m1/s1. The summed E-state index contributed by atoms with van der Waals surface area (Å²) < 4.78 is 13.5. The number of nitrogens with one attached hydrogen (secondary N) is 2. The molecule has 0 spiro atoms. The summed E-state index contributed by atoms with van der Waals surface area (Å²) in [7, 11) is 1.56. The zero-order valence-corrected chi connectivity index (χ0v) is 25.5. The van der Waals surface area contributed by atoms with Gasteiger partial charge >= 0.3 is 0 Å². The van der Waals surface area contributed by atoms with Crippen molar-refractivity contribution in [3.8, 4) is 0 Å². The third-order valence-corrected chi connectivity index (χ3v) is 8.14. The van der Waals surface area contributed by atoms with Gasteiger partial charge in [-0.3, -0.25) is 19.7 Å². The van der Waals surface area contributed by atoms with Crippen molar-refractivity contribution in [2.24, 2.45) is 16.5 Å². The summed E-state index contributed by atoms with van der Waals surface area (Å²) in [5.74, 6) is -1.21. The van der Waals surface area contributed by atoms with Crippen molar-refractivity contribution in [2.45, 2.75) is 63.8 Å². The molecule has 1 fully saturated rings. The summed E-state index contributed by atoms with van der Waals surface area (Å²) in [5, 5.41) is 8.31. The van der Waals surface area contributed by atoms with Gasteiger partial charge in [0.1, 0.15) is 17.9 Å². The molecule has 44 heavy (non-hydrogen) atoms. The summed E-state index contributed by atoms with van der Waals surface area (Å²) in [6.45, 7) is 4.22. The predicted molar refractivity (Wildman–Crippen MR) is 170 cm³/mol. The third kappa shape index (κ3) is 8.10. The highest BCUT2D eigenvalue weighted by Crippen LogP contribution is 2.22. The van der Waals surface area contributed by atoms with E-state index in [4.69, 9.17) is 11.5 Å². The SMILES string of the molecule is CCC(N=C(N)N)[C@@H]1N[C@@H](CN(Cc2ccc(F)cc2)C(C)=O)CCN([C@@H](Cc2ccc3ccccc3c2)C(=O)NC)C1=O. The largest absolute Gasteiger partial charge is 0.370 e. The first-order chi connectivity index (χ1) is 21.1. The topological polar surface area (TPSA) is 146 Å². The molecule has 0 bridgehead atoms. The van der Waals surface area contributed by atoms with Gasteiger partial charge in [-0.05, 0) is 46.9 Å². The van der Waals surface area contributed by atoms with E-state index in [0.717, 1.165) is 21.9 Å². The van der Waals surface area contributed by atoms with Gasteiger partial charge in [0.15, 0.2) is 5.96 Å². The number of likely N-dealkylation sites (N-methyl/N-ethyl adjacent to an activating group) is 1. The van der Waals surface area contributed by atoms with Gasteiger partial charge in [-0.25, -0.2) is 9.38 Å². The Bertz CT molecular complexity index is 1490. The van der Waals surface area contributed by atoms with Crippen molar-refractivity contribution < 1.29 is 18.8 Å². The van der Waals surface area contributed by atoms with E-state index >= 15 is 0 Å². The van der Waals surface area contributed by atoms with Gasteiger partial charge in [0.05, 0.1) is 6.04 Å². The van der Waals surface area contributed by atoms with Gasteiger partial charge in [0.25, 0.3) is 0 Å². The molecule has 1 saturated heterocycles. The lowest BCUT2D eigenvalue weighted by molar-refractivity contribution is -0.141.